The van der Waals surface area contributed by atoms with Crippen LogP contribution < -0.4 is 20.1 Å². The lowest BCUT2D eigenvalue weighted by Crippen LogP contribution is -2.32. The Morgan fingerprint density at radius 3 is 2.56 bits per heavy atom. The number of methoxy groups -OCH3 is 2. The van der Waals surface area contributed by atoms with Gasteiger partial charge in [0.05, 0.1) is 19.9 Å². The number of benzene rings is 1. The molecule has 4 rings (SSSR count). The predicted molar refractivity (Wildman–Crippen MR) is 105 cm³/mol. The van der Waals surface area contributed by atoms with Gasteiger partial charge in [-0.15, -0.1) is 0 Å². The molecule has 0 bridgehead atoms. The lowest BCUT2D eigenvalue weighted by atomic mass is 10.0. The minimum Gasteiger partial charge on any atom is -0.493 e. The highest BCUT2D eigenvalue weighted by atomic mass is 16.5. The van der Waals surface area contributed by atoms with E-state index in [2.05, 4.69) is 20.9 Å². The highest BCUT2D eigenvalue weighted by Crippen LogP contribution is 2.30. The van der Waals surface area contributed by atoms with Crippen molar-refractivity contribution in [3.05, 3.63) is 35.0 Å². The summed E-state index contributed by atoms with van der Waals surface area (Å²) < 4.78 is 10.7. The fourth-order valence-corrected chi connectivity index (χ4v) is 3.91. The number of aromatic nitrogens is 2. The molecule has 1 aromatic heterocycles. The average Bonchev–Trinajstić information content (AvgIpc) is 3.23. The monoisotopic (exact) mass is 369 g/mol. The number of ether oxygens (including phenoxy) is 2. The SMILES string of the molecule is COc1ccc(CN2CCc3nc(N4CCCC4)nc(N)c3C2)cc1OC. The van der Waals surface area contributed by atoms with Crippen LogP contribution in [0.4, 0.5) is 11.8 Å². The summed E-state index contributed by atoms with van der Waals surface area (Å²) in [5.74, 6) is 2.93. The van der Waals surface area contributed by atoms with Crippen LogP contribution >= 0.6 is 0 Å². The predicted octanol–water partition coefficient (Wildman–Crippen LogP) is 2.23. The maximum Gasteiger partial charge on any atom is 0.227 e. The molecule has 1 saturated heterocycles. The molecule has 0 radical (unpaired) electrons. The number of nitrogen functional groups attached to an aromatic ring is 1. The van der Waals surface area contributed by atoms with Gasteiger partial charge in [-0.1, -0.05) is 6.07 Å². The van der Waals surface area contributed by atoms with Crippen molar-refractivity contribution in [2.75, 3.05) is 44.5 Å². The number of rotatable bonds is 5. The first-order valence-electron chi connectivity index (χ1n) is 9.51. The van der Waals surface area contributed by atoms with Crippen molar-refractivity contribution in [1.29, 1.82) is 0 Å². The van der Waals surface area contributed by atoms with Gasteiger partial charge >= 0.3 is 0 Å². The van der Waals surface area contributed by atoms with E-state index in [0.29, 0.717) is 5.82 Å². The van der Waals surface area contributed by atoms with E-state index < -0.39 is 0 Å². The number of fused-ring (bicyclic) bond motifs is 1. The number of hydrogen-bond donors (Lipinski definition) is 1. The third-order valence-corrected chi connectivity index (χ3v) is 5.40. The number of anilines is 2. The van der Waals surface area contributed by atoms with E-state index in [1.54, 1.807) is 14.2 Å². The molecule has 7 heteroatoms. The van der Waals surface area contributed by atoms with E-state index in [1.165, 1.54) is 18.4 Å². The van der Waals surface area contributed by atoms with E-state index in [1.807, 2.05) is 12.1 Å². The maximum atomic E-state index is 6.31. The van der Waals surface area contributed by atoms with Gasteiger partial charge < -0.3 is 20.1 Å². The van der Waals surface area contributed by atoms with Gasteiger partial charge in [-0.2, -0.15) is 4.98 Å². The molecule has 2 aliphatic rings. The van der Waals surface area contributed by atoms with Gasteiger partial charge in [0.25, 0.3) is 0 Å². The molecule has 1 aromatic carbocycles. The van der Waals surface area contributed by atoms with Crippen molar-refractivity contribution in [2.45, 2.75) is 32.4 Å². The Bertz CT molecular complexity index is 820. The molecule has 2 aromatic rings. The summed E-state index contributed by atoms with van der Waals surface area (Å²) in [5.41, 5.74) is 9.67. The van der Waals surface area contributed by atoms with Crippen molar-refractivity contribution in [1.82, 2.24) is 14.9 Å². The molecular weight excluding hydrogens is 342 g/mol. The molecule has 1 fully saturated rings. The Hall–Kier alpha value is -2.54. The maximum absolute atomic E-state index is 6.31. The second-order valence-corrected chi connectivity index (χ2v) is 7.18. The van der Waals surface area contributed by atoms with Crippen LogP contribution in [0.25, 0.3) is 0 Å². The first kappa shape index (κ1) is 17.9. The summed E-state index contributed by atoms with van der Waals surface area (Å²) in [6.07, 6.45) is 3.31. The fraction of sp³-hybridized carbons (Fsp3) is 0.500. The van der Waals surface area contributed by atoms with Crippen LogP contribution in [0.2, 0.25) is 0 Å². The molecule has 0 amide bonds. The Morgan fingerprint density at radius 1 is 1.04 bits per heavy atom. The van der Waals surface area contributed by atoms with Crippen molar-refractivity contribution < 1.29 is 9.47 Å². The molecule has 0 aliphatic carbocycles. The topological polar surface area (TPSA) is 76.7 Å². The Labute approximate surface area is 160 Å². The Balaban J connectivity index is 1.50. The Morgan fingerprint density at radius 2 is 1.81 bits per heavy atom. The lowest BCUT2D eigenvalue weighted by Gasteiger charge is -2.29. The number of nitrogens with zero attached hydrogens (tertiary/aromatic N) is 4. The summed E-state index contributed by atoms with van der Waals surface area (Å²) in [6, 6.07) is 6.06. The minimum absolute atomic E-state index is 0.624. The van der Waals surface area contributed by atoms with E-state index in [-0.39, 0.29) is 0 Å². The van der Waals surface area contributed by atoms with Gasteiger partial charge in [-0.05, 0) is 30.5 Å². The van der Waals surface area contributed by atoms with Gasteiger partial charge in [-0.3, -0.25) is 4.90 Å². The first-order valence-corrected chi connectivity index (χ1v) is 9.51. The van der Waals surface area contributed by atoms with Crippen molar-refractivity contribution in [3.8, 4) is 11.5 Å². The number of hydrogen-bond acceptors (Lipinski definition) is 7. The molecule has 2 N–H and O–H groups in total. The fourth-order valence-electron chi connectivity index (χ4n) is 3.91. The zero-order valence-electron chi connectivity index (χ0n) is 16.1. The summed E-state index contributed by atoms with van der Waals surface area (Å²) in [7, 11) is 3.31. The van der Waals surface area contributed by atoms with Crippen LogP contribution in [0.15, 0.2) is 18.2 Å². The van der Waals surface area contributed by atoms with Crippen LogP contribution in [-0.4, -0.2) is 48.7 Å². The Kier molecular flexibility index (Phi) is 5.03. The van der Waals surface area contributed by atoms with Crippen LogP contribution in [0.3, 0.4) is 0 Å². The van der Waals surface area contributed by atoms with Crippen LogP contribution in [0.1, 0.15) is 29.7 Å². The quantitative estimate of drug-likeness (QED) is 0.866. The molecule has 7 nitrogen and oxygen atoms in total. The zero-order valence-corrected chi connectivity index (χ0v) is 16.1. The minimum atomic E-state index is 0.624. The van der Waals surface area contributed by atoms with Crippen LogP contribution in [0.5, 0.6) is 11.5 Å². The lowest BCUT2D eigenvalue weighted by molar-refractivity contribution is 0.243. The van der Waals surface area contributed by atoms with E-state index >= 15 is 0 Å². The first-order chi connectivity index (χ1) is 13.2. The van der Waals surface area contributed by atoms with E-state index in [4.69, 9.17) is 20.2 Å². The molecule has 2 aliphatic heterocycles. The molecular formula is C20H27N5O2. The van der Waals surface area contributed by atoms with Gasteiger partial charge in [0.2, 0.25) is 5.95 Å². The molecule has 27 heavy (non-hydrogen) atoms. The number of nitrogens with two attached hydrogens (primary N) is 1. The molecule has 144 valence electrons. The summed E-state index contributed by atoms with van der Waals surface area (Å²) in [4.78, 5) is 14.0. The van der Waals surface area contributed by atoms with Crippen LogP contribution in [-0.2, 0) is 19.5 Å². The molecule has 0 saturated carbocycles. The molecule has 3 heterocycles. The second-order valence-electron chi connectivity index (χ2n) is 7.18. The van der Waals surface area contributed by atoms with Crippen molar-refractivity contribution in [3.63, 3.8) is 0 Å². The molecule has 0 unspecified atom stereocenters. The highest BCUT2D eigenvalue weighted by molar-refractivity contribution is 5.49. The van der Waals surface area contributed by atoms with E-state index in [0.717, 1.165) is 67.8 Å². The van der Waals surface area contributed by atoms with Crippen LogP contribution in [0, 0.1) is 0 Å². The van der Waals surface area contributed by atoms with Crippen molar-refractivity contribution in [2.24, 2.45) is 0 Å². The zero-order chi connectivity index (χ0) is 18.8. The van der Waals surface area contributed by atoms with Crippen molar-refractivity contribution >= 4 is 11.8 Å². The second kappa shape index (κ2) is 7.60. The average molecular weight is 369 g/mol. The van der Waals surface area contributed by atoms with Gasteiger partial charge in [0, 0.05) is 44.7 Å². The van der Waals surface area contributed by atoms with Gasteiger partial charge in [-0.25, -0.2) is 4.98 Å². The normalized spacial score (nSPS) is 17.0. The third kappa shape index (κ3) is 3.64. The van der Waals surface area contributed by atoms with Gasteiger partial charge in [0.1, 0.15) is 5.82 Å². The molecule has 0 atom stereocenters. The summed E-state index contributed by atoms with van der Waals surface area (Å²) in [5, 5.41) is 0. The molecule has 0 spiro atoms. The largest absolute Gasteiger partial charge is 0.493 e. The standard InChI is InChI=1S/C20H27N5O2/c1-26-17-6-5-14(11-18(17)27-2)12-24-10-7-16-15(13-24)19(21)23-20(22-16)25-8-3-4-9-25/h5-6,11H,3-4,7-10,12-13H2,1-2H3,(H2,21,22,23). The summed E-state index contributed by atoms with van der Waals surface area (Å²) >= 11 is 0. The summed E-state index contributed by atoms with van der Waals surface area (Å²) in [6.45, 7) is 4.62. The smallest absolute Gasteiger partial charge is 0.227 e. The van der Waals surface area contributed by atoms with Gasteiger partial charge in [0.15, 0.2) is 11.5 Å². The van der Waals surface area contributed by atoms with E-state index in [9.17, 15) is 0 Å². The third-order valence-electron chi connectivity index (χ3n) is 5.40. The highest BCUT2D eigenvalue weighted by Gasteiger charge is 2.24.